The molecule has 0 amide bonds. The number of rotatable bonds is 2. The predicted molar refractivity (Wildman–Crippen MR) is 67.8 cm³/mol. The fourth-order valence-corrected chi connectivity index (χ4v) is 2.48. The van der Waals surface area contributed by atoms with E-state index in [1.807, 2.05) is 20.8 Å². The van der Waals surface area contributed by atoms with Gasteiger partial charge in [-0.3, -0.25) is 4.55 Å². The van der Waals surface area contributed by atoms with Crippen LogP contribution in [0.2, 0.25) is 0 Å². The maximum Gasteiger partial charge on any atom is 0.373 e. The summed E-state index contributed by atoms with van der Waals surface area (Å²) in [5, 5.41) is 0. The van der Waals surface area contributed by atoms with Crippen LogP contribution in [0.3, 0.4) is 0 Å². The Balaban J connectivity index is 2.58. The summed E-state index contributed by atoms with van der Waals surface area (Å²) in [4.78, 5) is 0. The summed E-state index contributed by atoms with van der Waals surface area (Å²) in [6, 6.07) is 3.27. The van der Waals surface area contributed by atoms with Gasteiger partial charge in [0.25, 0.3) is 0 Å². The molecule has 3 N–H and O–H groups in total. The number of nitrogens with zero attached hydrogens (tertiary/aromatic N) is 1. The molecule has 0 spiro atoms. The average molecular weight is 272 g/mol. The lowest BCUT2D eigenvalue weighted by atomic mass is 9.98. The normalized spacial score (nSPS) is 17.2. The zero-order valence-electron chi connectivity index (χ0n) is 10.5. The van der Waals surface area contributed by atoms with Gasteiger partial charge in [0.1, 0.15) is 17.0 Å². The van der Waals surface area contributed by atoms with E-state index in [0.717, 1.165) is 11.1 Å². The third-order valence-corrected chi connectivity index (χ3v) is 3.63. The standard InChI is InChI=1S/C11H16N2O4S/c1-7-4-5-9(13(12)18(14,15)16)10-8(7)6-11(2,3)17-10/h4-5H,6,12H2,1-3H3,(H,14,15,16). The van der Waals surface area contributed by atoms with Crippen molar-refractivity contribution in [2.24, 2.45) is 5.84 Å². The van der Waals surface area contributed by atoms with Crippen LogP contribution in [0.15, 0.2) is 12.1 Å². The lowest BCUT2D eigenvalue weighted by Crippen LogP contribution is -2.37. The number of nitrogens with two attached hydrogens (primary N) is 1. The second kappa shape index (κ2) is 3.84. The summed E-state index contributed by atoms with van der Waals surface area (Å²) in [6.45, 7) is 5.73. The molecule has 7 heteroatoms. The Morgan fingerprint density at radius 2 is 2.06 bits per heavy atom. The van der Waals surface area contributed by atoms with Crippen molar-refractivity contribution in [3.05, 3.63) is 23.3 Å². The van der Waals surface area contributed by atoms with Crippen LogP contribution in [0.4, 0.5) is 5.69 Å². The summed E-state index contributed by atoms with van der Waals surface area (Å²) >= 11 is 0. The van der Waals surface area contributed by atoms with Crippen LogP contribution in [-0.4, -0.2) is 18.6 Å². The van der Waals surface area contributed by atoms with Crippen LogP contribution in [-0.2, 0) is 16.7 Å². The van der Waals surface area contributed by atoms with E-state index in [4.69, 9.17) is 15.1 Å². The molecule has 18 heavy (non-hydrogen) atoms. The molecule has 6 nitrogen and oxygen atoms in total. The minimum Gasteiger partial charge on any atom is -0.485 e. The first-order valence-corrected chi connectivity index (χ1v) is 6.85. The summed E-state index contributed by atoms with van der Waals surface area (Å²) in [5.74, 6) is 5.82. The van der Waals surface area contributed by atoms with Gasteiger partial charge >= 0.3 is 10.3 Å². The maximum atomic E-state index is 11.1. The van der Waals surface area contributed by atoms with E-state index in [1.54, 1.807) is 6.07 Å². The molecular formula is C11H16N2O4S. The highest BCUT2D eigenvalue weighted by Gasteiger charge is 2.35. The molecule has 0 fully saturated rings. The summed E-state index contributed by atoms with van der Waals surface area (Å²) in [6.07, 6.45) is 0.668. The third-order valence-electron chi connectivity index (χ3n) is 2.94. The van der Waals surface area contributed by atoms with Crippen molar-refractivity contribution < 1.29 is 17.7 Å². The van der Waals surface area contributed by atoms with Crippen LogP contribution < -0.4 is 15.0 Å². The van der Waals surface area contributed by atoms with E-state index in [-0.39, 0.29) is 5.69 Å². The van der Waals surface area contributed by atoms with Crippen molar-refractivity contribution in [2.45, 2.75) is 32.8 Å². The first-order valence-electron chi connectivity index (χ1n) is 5.46. The number of hydrazine groups is 1. The molecule has 0 saturated heterocycles. The molecule has 1 aliphatic rings. The molecular weight excluding hydrogens is 256 g/mol. The van der Waals surface area contributed by atoms with Gasteiger partial charge in [0.2, 0.25) is 0 Å². The number of hydrogen-bond acceptors (Lipinski definition) is 4. The summed E-state index contributed by atoms with van der Waals surface area (Å²) in [5.41, 5.74) is 1.65. The van der Waals surface area contributed by atoms with Crippen molar-refractivity contribution >= 4 is 16.0 Å². The van der Waals surface area contributed by atoms with Gasteiger partial charge < -0.3 is 4.74 Å². The number of anilines is 1. The van der Waals surface area contributed by atoms with E-state index in [9.17, 15) is 8.42 Å². The number of hydrogen-bond donors (Lipinski definition) is 2. The third kappa shape index (κ3) is 2.16. The van der Waals surface area contributed by atoms with Crippen LogP contribution in [0.5, 0.6) is 5.75 Å². The van der Waals surface area contributed by atoms with E-state index in [0.29, 0.717) is 16.6 Å². The highest BCUT2D eigenvalue weighted by atomic mass is 32.2. The quantitative estimate of drug-likeness (QED) is 0.479. The Morgan fingerprint density at radius 3 is 2.61 bits per heavy atom. The van der Waals surface area contributed by atoms with E-state index in [1.165, 1.54) is 6.07 Å². The molecule has 0 radical (unpaired) electrons. The van der Waals surface area contributed by atoms with Gasteiger partial charge in [0.15, 0.2) is 0 Å². The van der Waals surface area contributed by atoms with Crippen molar-refractivity contribution in [2.75, 3.05) is 4.41 Å². The molecule has 2 rings (SSSR count). The van der Waals surface area contributed by atoms with Crippen LogP contribution in [0.25, 0.3) is 0 Å². The topological polar surface area (TPSA) is 92.9 Å². The van der Waals surface area contributed by atoms with Gasteiger partial charge in [-0.15, -0.1) is 0 Å². The van der Waals surface area contributed by atoms with Gasteiger partial charge in [-0.1, -0.05) is 6.07 Å². The molecule has 100 valence electrons. The molecule has 0 aliphatic carbocycles. The van der Waals surface area contributed by atoms with Crippen LogP contribution >= 0.6 is 0 Å². The second-order valence-corrected chi connectivity index (χ2v) is 6.31. The second-order valence-electron chi connectivity index (χ2n) is 5.02. The fourth-order valence-electron chi connectivity index (χ4n) is 2.08. The Hall–Kier alpha value is -1.31. The fraction of sp³-hybridized carbons (Fsp3) is 0.455. The van der Waals surface area contributed by atoms with Crippen molar-refractivity contribution in [3.8, 4) is 5.75 Å². The Bertz CT molecular complexity index is 595. The zero-order chi connectivity index (χ0) is 13.7. The van der Waals surface area contributed by atoms with Gasteiger partial charge in [-0.25, -0.2) is 5.84 Å². The first kappa shape index (κ1) is 13.1. The maximum absolute atomic E-state index is 11.1. The van der Waals surface area contributed by atoms with Crippen LogP contribution in [0.1, 0.15) is 25.0 Å². The Kier molecular flexibility index (Phi) is 2.80. The molecule has 0 bridgehead atoms. The molecule has 0 aromatic heterocycles. The van der Waals surface area contributed by atoms with Gasteiger partial charge in [0, 0.05) is 12.0 Å². The lowest BCUT2D eigenvalue weighted by molar-refractivity contribution is 0.139. The van der Waals surface area contributed by atoms with Crippen LogP contribution in [0, 0.1) is 6.92 Å². The highest BCUT2D eigenvalue weighted by molar-refractivity contribution is 7.87. The number of benzene rings is 1. The Labute approximate surface area is 106 Å². The monoisotopic (exact) mass is 272 g/mol. The minimum atomic E-state index is -4.50. The smallest absolute Gasteiger partial charge is 0.373 e. The SMILES string of the molecule is Cc1ccc(N(N)S(=O)(=O)O)c2c1CC(C)(C)O2. The highest BCUT2D eigenvalue weighted by Crippen LogP contribution is 2.43. The van der Waals surface area contributed by atoms with Crippen molar-refractivity contribution in [1.29, 1.82) is 0 Å². The molecule has 1 aromatic rings. The molecule has 0 unspecified atom stereocenters. The van der Waals surface area contributed by atoms with Crippen molar-refractivity contribution in [3.63, 3.8) is 0 Å². The lowest BCUT2D eigenvalue weighted by Gasteiger charge is -2.21. The molecule has 1 aromatic carbocycles. The first-order chi connectivity index (χ1) is 8.12. The zero-order valence-corrected chi connectivity index (χ0v) is 11.3. The average Bonchev–Trinajstić information content (AvgIpc) is 2.53. The summed E-state index contributed by atoms with van der Waals surface area (Å²) in [7, 11) is -4.50. The molecule has 0 atom stereocenters. The number of aryl methyl sites for hydroxylation is 1. The summed E-state index contributed by atoms with van der Waals surface area (Å²) < 4.78 is 37.2. The van der Waals surface area contributed by atoms with Gasteiger partial charge in [-0.05, 0) is 32.4 Å². The minimum absolute atomic E-state index is 0.142. The van der Waals surface area contributed by atoms with E-state index < -0.39 is 15.9 Å². The largest absolute Gasteiger partial charge is 0.485 e. The Morgan fingerprint density at radius 1 is 1.44 bits per heavy atom. The van der Waals surface area contributed by atoms with E-state index >= 15 is 0 Å². The predicted octanol–water partition coefficient (Wildman–Crippen LogP) is 1.19. The van der Waals surface area contributed by atoms with E-state index in [2.05, 4.69) is 0 Å². The van der Waals surface area contributed by atoms with Gasteiger partial charge in [-0.2, -0.15) is 12.8 Å². The molecule has 0 saturated carbocycles. The number of fused-ring (bicyclic) bond motifs is 1. The molecule has 1 aliphatic heterocycles. The van der Waals surface area contributed by atoms with Gasteiger partial charge in [0.05, 0.1) is 0 Å². The molecule has 1 heterocycles. The van der Waals surface area contributed by atoms with Crippen molar-refractivity contribution in [1.82, 2.24) is 0 Å². The number of ether oxygens (including phenoxy) is 1.